The molecular weight excluding hydrogens is 429 g/mol. The maximum atomic E-state index is 13.8. The van der Waals surface area contributed by atoms with E-state index >= 15 is 0 Å². The van der Waals surface area contributed by atoms with Gasteiger partial charge in [0, 0.05) is 11.1 Å². The monoisotopic (exact) mass is 441 g/mol. The minimum absolute atomic E-state index is 0.149. The summed E-state index contributed by atoms with van der Waals surface area (Å²) in [7, 11) is 0. The van der Waals surface area contributed by atoms with Crippen LogP contribution in [0.4, 0.5) is 27.9 Å². The zero-order valence-electron chi connectivity index (χ0n) is 16.0. The minimum Gasteiger partial charge on any atom is -0.244 e. The molecule has 0 aliphatic heterocycles. The largest absolute Gasteiger partial charge is 0.263 e. The third-order valence-electron chi connectivity index (χ3n) is 4.38. The second-order valence-electron chi connectivity index (χ2n) is 6.42. The normalized spacial score (nSPS) is 11.2. The molecule has 0 radical (unpaired) electrons. The van der Waals surface area contributed by atoms with Gasteiger partial charge < -0.3 is 0 Å². The summed E-state index contributed by atoms with van der Waals surface area (Å²) < 4.78 is 67.3. The summed E-state index contributed by atoms with van der Waals surface area (Å²) in [6, 6.07) is 18.2. The van der Waals surface area contributed by atoms with Gasteiger partial charge in [-0.15, -0.1) is 10.2 Å². The number of rotatable bonds is 5. The van der Waals surface area contributed by atoms with Gasteiger partial charge in [0.05, 0.1) is 11.8 Å². The lowest BCUT2D eigenvalue weighted by molar-refractivity contribution is 0.377. The number of anilines is 1. The van der Waals surface area contributed by atoms with E-state index in [0.717, 1.165) is 5.56 Å². The quantitative estimate of drug-likeness (QED) is 0.149. The molecular formula is C22H12F5N5. The maximum Gasteiger partial charge on any atom is 0.263 e. The molecule has 0 aliphatic rings. The lowest BCUT2D eigenvalue weighted by Crippen LogP contribution is -2.08. The van der Waals surface area contributed by atoms with Crippen LogP contribution in [0.1, 0.15) is 5.56 Å². The van der Waals surface area contributed by atoms with Gasteiger partial charge in [-0.05, 0) is 0 Å². The molecule has 32 heavy (non-hydrogen) atoms. The number of hydrogen-bond donors (Lipinski definition) is 1. The van der Waals surface area contributed by atoms with Gasteiger partial charge in [-0.3, -0.25) is 0 Å². The van der Waals surface area contributed by atoms with Gasteiger partial charge in [-0.1, -0.05) is 60.7 Å². The van der Waals surface area contributed by atoms with Crippen molar-refractivity contribution >= 4 is 12.2 Å². The average Bonchev–Trinajstić information content (AvgIpc) is 2.84. The van der Waals surface area contributed by atoms with E-state index in [1.165, 1.54) is 0 Å². The van der Waals surface area contributed by atoms with Crippen LogP contribution in [-0.2, 0) is 0 Å². The summed E-state index contributed by atoms with van der Waals surface area (Å²) >= 11 is 0. The lowest BCUT2D eigenvalue weighted by atomic mass is 10.0. The number of aromatic nitrogens is 3. The second kappa shape index (κ2) is 8.88. The Labute approximate surface area is 178 Å². The topological polar surface area (TPSA) is 63.1 Å². The summed E-state index contributed by atoms with van der Waals surface area (Å²) in [6.07, 6.45) is 0.451. The van der Waals surface area contributed by atoms with Crippen LogP contribution >= 0.6 is 0 Å². The van der Waals surface area contributed by atoms with Crippen molar-refractivity contribution in [2.24, 2.45) is 5.10 Å². The van der Waals surface area contributed by atoms with E-state index in [-0.39, 0.29) is 5.95 Å². The molecule has 4 aromatic rings. The van der Waals surface area contributed by atoms with Gasteiger partial charge >= 0.3 is 0 Å². The van der Waals surface area contributed by atoms with E-state index in [2.05, 4.69) is 25.7 Å². The molecule has 1 heterocycles. The highest BCUT2D eigenvalue weighted by Crippen LogP contribution is 2.28. The fourth-order valence-corrected chi connectivity index (χ4v) is 2.85. The van der Waals surface area contributed by atoms with Crippen molar-refractivity contribution in [1.82, 2.24) is 15.2 Å². The molecule has 5 nitrogen and oxygen atoms in total. The van der Waals surface area contributed by atoms with E-state index in [0.29, 0.717) is 23.2 Å². The standard InChI is InChI=1S/C22H12F5N5/c23-15-14(16(24)18(26)19(27)17(15)25)11-28-31-22-29-20(12-7-3-1-4-8-12)21(30-32-22)13-9-5-2-6-10-13/h1-11H,(H,29,31,32). The van der Waals surface area contributed by atoms with Crippen molar-refractivity contribution in [2.45, 2.75) is 0 Å². The molecule has 0 bridgehead atoms. The van der Waals surface area contributed by atoms with Gasteiger partial charge in [0.1, 0.15) is 11.4 Å². The van der Waals surface area contributed by atoms with Gasteiger partial charge in [0.2, 0.25) is 5.82 Å². The zero-order chi connectivity index (χ0) is 22.7. The molecule has 0 atom stereocenters. The number of halogens is 5. The highest BCUT2D eigenvalue weighted by Gasteiger charge is 2.24. The Balaban J connectivity index is 1.69. The first-order chi connectivity index (χ1) is 15.5. The number of hydrazone groups is 1. The van der Waals surface area contributed by atoms with E-state index in [4.69, 9.17) is 0 Å². The fraction of sp³-hybridized carbons (Fsp3) is 0. The summed E-state index contributed by atoms with van der Waals surface area (Å²) in [5.74, 6) is -10.5. The molecule has 1 N–H and O–H groups in total. The van der Waals surface area contributed by atoms with Gasteiger partial charge in [0.15, 0.2) is 23.3 Å². The Morgan fingerprint density at radius 1 is 0.625 bits per heavy atom. The molecule has 0 saturated heterocycles. The second-order valence-corrected chi connectivity index (χ2v) is 6.42. The van der Waals surface area contributed by atoms with Crippen LogP contribution in [0.2, 0.25) is 0 Å². The van der Waals surface area contributed by atoms with Crippen LogP contribution < -0.4 is 5.43 Å². The lowest BCUT2D eigenvalue weighted by Gasteiger charge is -2.09. The van der Waals surface area contributed by atoms with Gasteiger partial charge in [-0.2, -0.15) is 5.10 Å². The molecule has 3 aromatic carbocycles. The number of hydrogen-bond acceptors (Lipinski definition) is 5. The first-order valence-corrected chi connectivity index (χ1v) is 9.13. The predicted octanol–water partition coefficient (Wildman–Crippen LogP) is 5.35. The summed E-state index contributed by atoms with van der Waals surface area (Å²) in [5, 5.41) is 11.6. The summed E-state index contributed by atoms with van der Waals surface area (Å²) in [5.41, 5.74) is 3.49. The Bertz CT molecular complexity index is 1270. The van der Waals surface area contributed by atoms with Crippen molar-refractivity contribution in [3.05, 3.63) is 95.3 Å². The Morgan fingerprint density at radius 3 is 1.69 bits per heavy atom. The van der Waals surface area contributed by atoms with Gasteiger partial charge in [-0.25, -0.2) is 32.4 Å². The molecule has 4 rings (SSSR count). The fourth-order valence-electron chi connectivity index (χ4n) is 2.85. The SMILES string of the molecule is Fc1c(F)c(F)c(C=NNc2nnc(-c3ccccc3)c(-c3ccccc3)n2)c(F)c1F. The highest BCUT2D eigenvalue weighted by molar-refractivity contribution is 5.81. The molecule has 1 aromatic heterocycles. The molecule has 160 valence electrons. The van der Waals surface area contributed by atoms with Crippen LogP contribution in [0.3, 0.4) is 0 Å². The van der Waals surface area contributed by atoms with Crippen LogP contribution in [0.25, 0.3) is 22.5 Å². The van der Waals surface area contributed by atoms with E-state index in [1.807, 2.05) is 36.4 Å². The molecule has 0 spiro atoms. The van der Waals surface area contributed by atoms with Crippen molar-refractivity contribution < 1.29 is 22.0 Å². The smallest absolute Gasteiger partial charge is 0.244 e. The Kier molecular flexibility index (Phi) is 5.84. The maximum absolute atomic E-state index is 13.8. The molecule has 0 aliphatic carbocycles. The Hall–Kier alpha value is -4.21. The zero-order valence-corrected chi connectivity index (χ0v) is 16.0. The third kappa shape index (κ3) is 4.02. The average molecular weight is 441 g/mol. The van der Waals surface area contributed by atoms with E-state index < -0.39 is 34.6 Å². The van der Waals surface area contributed by atoms with Crippen molar-refractivity contribution in [3.8, 4) is 22.5 Å². The van der Waals surface area contributed by atoms with E-state index in [1.54, 1.807) is 24.3 Å². The molecule has 0 saturated carbocycles. The van der Waals surface area contributed by atoms with Crippen molar-refractivity contribution in [1.29, 1.82) is 0 Å². The van der Waals surface area contributed by atoms with Crippen LogP contribution in [0, 0.1) is 29.1 Å². The third-order valence-corrected chi connectivity index (χ3v) is 4.38. The number of nitrogens with one attached hydrogen (secondary N) is 1. The Morgan fingerprint density at radius 2 is 1.12 bits per heavy atom. The molecule has 0 unspecified atom stereocenters. The van der Waals surface area contributed by atoms with Gasteiger partial charge in [0.25, 0.3) is 5.95 Å². The van der Waals surface area contributed by atoms with E-state index in [9.17, 15) is 22.0 Å². The van der Waals surface area contributed by atoms with Crippen LogP contribution in [-0.4, -0.2) is 21.4 Å². The van der Waals surface area contributed by atoms with Crippen LogP contribution in [0.15, 0.2) is 65.8 Å². The molecule has 10 heteroatoms. The summed E-state index contributed by atoms with van der Waals surface area (Å²) in [6.45, 7) is 0. The van der Waals surface area contributed by atoms with Crippen molar-refractivity contribution in [2.75, 3.05) is 5.43 Å². The molecule has 0 amide bonds. The summed E-state index contributed by atoms with van der Waals surface area (Å²) in [4.78, 5) is 4.35. The first-order valence-electron chi connectivity index (χ1n) is 9.13. The number of benzene rings is 3. The highest BCUT2D eigenvalue weighted by atomic mass is 19.2. The predicted molar refractivity (Wildman–Crippen MR) is 108 cm³/mol. The minimum atomic E-state index is -2.25. The number of nitrogens with zero attached hydrogens (tertiary/aromatic N) is 4. The van der Waals surface area contributed by atoms with Crippen LogP contribution in [0.5, 0.6) is 0 Å². The first kappa shape index (κ1) is 21.0. The van der Waals surface area contributed by atoms with Crippen molar-refractivity contribution in [3.63, 3.8) is 0 Å². The molecule has 0 fully saturated rings.